The van der Waals surface area contributed by atoms with E-state index in [2.05, 4.69) is 15.5 Å². The van der Waals surface area contributed by atoms with Gasteiger partial charge in [-0.25, -0.2) is 0 Å². The van der Waals surface area contributed by atoms with Gasteiger partial charge in [-0.1, -0.05) is 0 Å². The molecule has 0 saturated heterocycles. The zero-order valence-electron chi connectivity index (χ0n) is 7.45. The summed E-state index contributed by atoms with van der Waals surface area (Å²) in [4.78, 5) is 11.5. The fourth-order valence-electron chi connectivity index (χ4n) is 1.07. The van der Waals surface area contributed by atoms with Crippen molar-refractivity contribution in [1.82, 2.24) is 15.5 Å². The molecule has 68 valence electrons. The second-order valence-corrected chi connectivity index (χ2v) is 3.62. The average Bonchev–Trinajstić information content (AvgIpc) is 2.85. The molecule has 1 N–H and O–H groups in total. The van der Waals surface area contributed by atoms with E-state index < -0.39 is 0 Å². The molecule has 4 heteroatoms. The number of nitrogens with zero attached hydrogens (tertiary/aromatic N) is 2. The first-order chi connectivity index (χ1) is 6.20. The number of nitrogens with one attached hydrogen (secondary N) is 1. The highest BCUT2D eigenvalue weighted by Gasteiger charge is 2.39. The molecule has 1 amide bonds. The summed E-state index contributed by atoms with van der Waals surface area (Å²) in [5, 5.41) is 10.3. The summed E-state index contributed by atoms with van der Waals surface area (Å²) in [6.45, 7) is 2.03. The molecule has 1 aromatic heterocycles. The predicted molar refractivity (Wildman–Crippen MR) is 47.1 cm³/mol. The minimum absolute atomic E-state index is 0.00854. The van der Waals surface area contributed by atoms with E-state index in [1.165, 1.54) is 0 Å². The molecule has 0 aromatic carbocycles. The summed E-state index contributed by atoms with van der Waals surface area (Å²) in [6.07, 6.45) is 3.66. The van der Waals surface area contributed by atoms with Crippen molar-refractivity contribution in [2.75, 3.05) is 0 Å². The summed E-state index contributed by atoms with van der Waals surface area (Å²) in [5.74, 6) is -0.131. The summed E-state index contributed by atoms with van der Waals surface area (Å²) < 4.78 is 0. The van der Waals surface area contributed by atoms with Crippen LogP contribution in [0.25, 0.3) is 0 Å². The Labute approximate surface area is 76.4 Å². The van der Waals surface area contributed by atoms with E-state index in [1.807, 2.05) is 6.92 Å². The number of rotatable bonds is 2. The standard InChI is InChI=1S/C9H11N3O/c1-9(4-5-9)11-8(13)7-3-2-6-10-12-7/h2-3,6H,4-5H2,1H3,(H,11,13). The van der Waals surface area contributed by atoms with Crippen LogP contribution in [0, 0.1) is 0 Å². The van der Waals surface area contributed by atoms with Gasteiger partial charge in [-0.3, -0.25) is 4.79 Å². The number of carbonyl (C=O) groups is 1. The van der Waals surface area contributed by atoms with Crippen molar-refractivity contribution in [2.24, 2.45) is 0 Å². The van der Waals surface area contributed by atoms with Gasteiger partial charge in [-0.2, -0.15) is 5.10 Å². The molecule has 1 fully saturated rings. The van der Waals surface area contributed by atoms with E-state index >= 15 is 0 Å². The SMILES string of the molecule is CC1(NC(=O)c2cccnn2)CC1. The summed E-state index contributed by atoms with van der Waals surface area (Å²) in [6, 6.07) is 3.37. The lowest BCUT2D eigenvalue weighted by atomic mass is 10.3. The molecule has 0 atom stereocenters. The minimum Gasteiger partial charge on any atom is -0.345 e. The van der Waals surface area contributed by atoms with Crippen LogP contribution in [0.5, 0.6) is 0 Å². The molecule has 1 heterocycles. The van der Waals surface area contributed by atoms with Crippen molar-refractivity contribution >= 4 is 5.91 Å². The Morgan fingerprint density at radius 2 is 2.38 bits per heavy atom. The van der Waals surface area contributed by atoms with E-state index in [9.17, 15) is 4.79 Å². The van der Waals surface area contributed by atoms with Gasteiger partial charge in [0.05, 0.1) is 0 Å². The third kappa shape index (κ3) is 1.83. The first kappa shape index (κ1) is 8.16. The molecule has 1 aliphatic carbocycles. The van der Waals surface area contributed by atoms with Crippen molar-refractivity contribution < 1.29 is 4.79 Å². The molecule has 2 rings (SSSR count). The zero-order valence-corrected chi connectivity index (χ0v) is 7.45. The van der Waals surface area contributed by atoms with Crippen LogP contribution in [0.2, 0.25) is 0 Å². The largest absolute Gasteiger partial charge is 0.345 e. The molecule has 0 aliphatic heterocycles. The maximum atomic E-state index is 11.5. The molecule has 1 saturated carbocycles. The first-order valence-corrected chi connectivity index (χ1v) is 4.30. The maximum absolute atomic E-state index is 11.5. The highest BCUT2D eigenvalue weighted by atomic mass is 16.2. The summed E-state index contributed by atoms with van der Waals surface area (Å²) >= 11 is 0. The third-order valence-electron chi connectivity index (χ3n) is 2.22. The van der Waals surface area contributed by atoms with Crippen LogP contribution in [0.3, 0.4) is 0 Å². The second-order valence-electron chi connectivity index (χ2n) is 3.62. The van der Waals surface area contributed by atoms with Crippen molar-refractivity contribution in [1.29, 1.82) is 0 Å². The zero-order chi connectivity index (χ0) is 9.31. The maximum Gasteiger partial charge on any atom is 0.272 e. The van der Waals surface area contributed by atoms with Crippen LogP contribution in [0.1, 0.15) is 30.3 Å². The van der Waals surface area contributed by atoms with Gasteiger partial charge in [0.25, 0.3) is 5.91 Å². The number of hydrogen-bond acceptors (Lipinski definition) is 3. The number of carbonyl (C=O) groups excluding carboxylic acids is 1. The van der Waals surface area contributed by atoms with Crippen LogP contribution in [-0.4, -0.2) is 21.6 Å². The molecule has 0 radical (unpaired) electrons. The fourth-order valence-corrected chi connectivity index (χ4v) is 1.07. The van der Waals surface area contributed by atoms with Gasteiger partial charge in [0.1, 0.15) is 0 Å². The monoisotopic (exact) mass is 177 g/mol. The second kappa shape index (κ2) is 2.80. The van der Waals surface area contributed by atoms with Crippen LogP contribution < -0.4 is 5.32 Å². The van der Waals surface area contributed by atoms with Crippen LogP contribution >= 0.6 is 0 Å². The van der Waals surface area contributed by atoms with Gasteiger partial charge >= 0.3 is 0 Å². The van der Waals surface area contributed by atoms with Crippen molar-refractivity contribution in [3.8, 4) is 0 Å². The highest BCUT2D eigenvalue weighted by Crippen LogP contribution is 2.34. The Kier molecular flexibility index (Phi) is 1.76. The van der Waals surface area contributed by atoms with Gasteiger partial charge in [0.15, 0.2) is 5.69 Å². The highest BCUT2D eigenvalue weighted by molar-refractivity contribution is 5.92. The van der Waals surface area contributed by atoms with Crippen LogP contribution in [0.4, 0.5) is 0 Å². The Bertz CT molecular complexity index is 319. The molecule has 0 unspecified atom stereocenters. The van der Waals surface area contributed by atoms with Gasteiger partial charge in [0.2, 0.25) is 0 Å². The van der Waals surface area contributed by atoms with Crippen molar-refractivity contribution in [3.63, 3.8) is 0 Å². The normalized spacial score (nSPS) is 17.9. The Hall–Kier alpha value is -1.45. The molecule has 1 aromatic rings. The lowest BCUT2D eigenvalue weighted by Crippen LogP contribution is -2.34. The Morgan fingerprint density at radius 1 is 1.62 bits per heavy atom. The van der Waals surface area contributed by atoms with E-state index in [-0.39, 0.29) is 11.4 Å². The average molecular weight is 177 g/mol. The minimum atomic E-state index is -0.131. The van der Waals surface area contributed by atoms with Gasteiger partial charge < -0.3 is 5.32 Å². The van der Waals surface area contributed by atoms with Gasteiger partial charge in [-0.15, -0.1) is 5.10 Å². The molecular weight excluding hydrogens is 166 g/mol. The molecule has 0 bridgehead atoms. The predicted octanol–water partition coefficient (Wildman–Crippen LogP) is 0.759. The van der Waals surface area contributed by atoms with E-state index in [4.69, 9.17) is 0 Å². The smallest absolute Gasteiger partial charge is 0.272 e. The van der Waals surface area contributed by atoms with Crippen molar-refractivity contribution in [3.05, 3.63) is 24.0 Å². The van der Waals surface area contributed by atoms with Gasteiger partial charge in [-0.05, 0) is 31.9 Å². The summed E-state index contributed by atoms with van der Waals surface area (Å²) in [5.41, 5.74) is 0.393. The lowest BCUT2D eigenvalue weighted by Gasteiger charge is -2.09. The molecular formula is C9H11N3O. The van der Waals surface area contributed by atoms with Crippen molar-refractivity contribution in [2.45, 2.75) is 25.3 Å². The van der Waals surface area contributed by atoms with E-state index in [0.29, 0.717) is 5.69 Å². The van der Waals surface area contributed by atoms with E-state index in [1.54, 1.807) is 18.3 Å². The lowest BCUT2D eigenvalue weighted by molar-refractivity contribution is 0.0929. The molecule has 13 heavy (non-hydrogen) atoms. The fraction of sp³-hybridized carbons (Fsp3) is 0.444. The van der Waals surface area contributed by atoms with E-state index in [0.717, 1.165) is 12.8 Å². The number of hydrogen-bond donors (Lipinski definition) is 1. The number of amides is 1. The van der Waals surface area contributed by atoms with Crippen LogP contribution in [-0.2, 0) is 0 Å². The third-order valence-corrected chi connectivity index (χ3v) is 2.22. The Balaban J connectivity index is 2.06. The molecule has 1 aliphatic rings. The van der Waals surface area contributed by atoms with Crippen LogP contribution in [0.15, 0.2) is 18.3 Å². The summed E-state index contributed by atoms with van der Waals surface area (Å²) in [7, 11) is 0. The first-order valence-electron chi connectivity index (χ1n) is 4.30. The molecule has 0 spiro atoms. The van der Waals surface area contributed by atoms with Gasteiger partial charge in [0, 0.05) is 11.7 Å². The topological polar surface area (TPSA) is 54.9 Å². The quantitative estimate of drug-likeness (QED) is 0.725. The number of aromatic nitrogens is 2. The Morgan fingerprint density at radius 3 is 2.92 bits per heavy atom. The molecule has 4 nitrogen and oxygen atoms in total.